The van der Waals surface area contributed by atoms with Gasteiger partial charge in [0, 0.05) is 75.8 Å². The molecule has 214 valence electrons. The van der Waals surface area contributed by atoms with Gasteiger partial charge < -0.3 is 24.3 Å². The van der Waals surface area contributed by atoms with Gasteiger partial charge in [-0.1, -0.05) is 42.0 Å². The Balaban J connectivity index is 1.14. The zero-order valence-corrected chi connectivity index (χ0v) is 24.0. The Labute approximate surface area is 245 Å². The van der Waals surface area contributed by atoms with E-state index in [1.54, 1.807) is 24.9 Å². The van der Waals surface area contributed by atoms with Gasteiger partial charge in [0.05, 0.1) is 35.0 Å². The molecule has 1 saturated heterocycles. The number of carbonyl (C=O) groups is 2. The van der Waals surface area contributed by atoms with Crippen molar-refractivity contribution in [3.05, 3.63) is 102 Å². The van der Waals surface area contributed by atoms with E-state index in [1.807, 2.05) is 47.0 Å². The molecule has 0 unspecified atom stereocenters. The quantitative estimate of drug-likeness (QED) is 0.281. The number of fused-ring (bicyclic) bond motifs is 1. The summed E-state index contributed by atoms with van der Waals surface area (Å²) in [5.41, 5.74) is 6.32. The van der Waals surface area contributed by atoms with E-state index in [1.165, 1.54) is 0 Å². The molecule has 1 N–H and O–H groups in total. The van der Waals surface area contributed by atoms with E-state index in [4.69, 9.17) is 0 Å². The van der Waals surface area contributed by atoms with Gasteiger partial charge >= 0.3 is 0 Å². The van der Waals surface area contributed by atoms with E-state index < -0.39 is 0 Å². The highest BCUT2D eigenvalue weighted by Crippen LogP contribution is 2.35. The molecule has 0 bridgehead atoms. The van der Waals surface area contributed by atoms with Gasteiger partial charge in [-0.25, -0.2) is 4.98 Å². The Morgan fingerprint density at radius 2 is 1.76 bits per heavy atom. The third-order valence-electron chi connectivity index (χ3n) is 7.97. The molecule has 2 amide bonds. The van der Waals surface area contributed by atoms with Gasteiger partial charge in [-0.3, -0.25) is 14.6 Å². The lowest BCUT2D eigenvalue weighted by molar-refractivity contribution is 0.0749. The van der Waals surface area contributed by atoms with Crippen LogP contribution in [0.3, 0.4) is 0 Å². The number of hydrogen-bond acceptors (Lipinski definition) is 5. The van der Waals surface area contributed by atoms with Crippen LogP contribution in [0.25, 0.3) is 22.2 Å². The number of benzene rings is 2. The van der Waals surface area contributed by atoms with Crippen LogP contribution in [0.5, 0.6) is 0 Å². The fourth-order valence-corrected chi connectivity index (χ4v) is 5.74. The molecule has 0 aliphatic carbocycles. The fourth-order valence-electron chi connectivity index (χ4n) is 5.74. The summed E-state index contributed by atoms with van der Waals surface area (Å²) in [5.74, 6) is -0.0878. The Bertz CT molecular complexity index is 1700. The number of aromatic nitrogens is 4. The first-order valence-corrected chi connectivity index (χ1v) is 14.4. The highest BCUT2D eigenvalue weighted by Gasteiger charge is 2.29. The molecular formula is C33H35N7O2. The second kappa shape index (κ2) is 11.9. The molecule has 1 fully saturated rings. The van der Waals surface area contributed by atoms with Crippen molar-refractivity contribution in [2.75, 3.05) is 37.6 Å². The molecule has 0 saturated carbocycles. The lowest BCUT2D eigenvalue weighted by Gasteiger charge is -2.36. The molecule has 5 aromatic rings. The van der Waals surface area contributed by atoms with E-state index in [0.29, 0.717) is 38.3 Å². The number of rotatable bonds is 8. The second-order valence-corrected chi connectivity index (χ2v) is 10.8. The Hall–Kier alpha value is -4.92. The van der Waals surface area contributed by atoms with Gasteiger partial charge in [-0.05, 0) is 37.1 Å². The monoisotopic (exact) mass is 561 g/mol. The summed E-state index contributed by atoms with van der Waals surface area (Å²) in [4.78, 5) is 39.4. The molecule has 9 nitrogen and oxygen atoms in total. The molecule has 2 aromatic carbocycles. The van der Waals surface area contributed by atoms with Crippen molar-refractivity contribution in [2.45, 2.75) is 19.9 Å². The Morgan fingerprint density at radius 3 is 2.52 bits per heavy atom. The van der Waals surface area contributed by atoms with Crippen molar-refractivity contribution in [2.24, 2.45) is 7.05 Å². The number of anilines is 1. The number of aryl methyl sites for hydroxylation is 3. The van der Waals surface area contributed by atoms with E-state index >= 15 is 0 Å². The van der Waals surface area contributed by atoms with Crippen LogP contribution in [0, 0.1) is 6.92 Å². The summed E-state index contributed by atoms with van der Waals surface area (Å²) in [5, 5.41) is 3.97. The lowest BCUT2D eigenvalue weighted by Crippen LogP contribution is -2.49. The number of nitrogens with zero attached hydrogens (tertiary/aromatic N) is 6. The van der Waals surface area contributed by atoms with E-state index in [-0.39, 0.29) is 11.8 Å². The maximum Gasteiger partial charge on any atom is 0.256 e. The molecule has 6 rings (SSSR count). The molecule has 0 atom stereocenters. The van der Waals surface area contributed by atoms with Crippen molar-refractivity contribution in [1.29, 1.82) is 0 Å². The smallest absolute Gasteiger partial charge is 0.256 e. The molecule has 1 aliphatic heterocycles. The minimum Gasteiger partial charge on any atom is -0.367 e. The third kappa shape index (κ3) is 5.50. The minimum absolute atomic E-state index is 0.0478. The second-order valence-electron chi connectivity index (χ2n) is 10.8. The Kier molecular flexibility index (Phi) is 7.72. The van der Waals surface area contributed by atoms with Crippen LogP contribution in [0.1, 0.15) is 32.7 Å². The summed E-state index contributed by atoms with van der Waals surface area (Å²) >= 11 is 0. The number of carbonyl (C=O) groups excluding carboxylic acids is 2. The van der Waals surface area contributed by atoms with Crippen LogP contribution in [0.4, 0.5) is 5.69 Å². The zero-order valence-electron chi connectivity index (χ0n) is 24.0. The van der Waals surface area contributed by atoms with Crippen molar-refractivity contribution >= 4 is 28.4 Å². The van der Waals surface area contributed by atoms with E-state index in [2.05, 4.69) is 62.0 Å². The lowest BCUT2D eigenvalue weighted by atomic mass is 10.0. The summed E-state index contributed by atoms with van der Waals surface area (Å²) in [7, 11) is 2.03. The van der Waals surface area contributed by atoms with Crippen molar-refractivity contribution in [1.82, 2.24) is 29.3 Å². The first-order chi connectivity index (χ1) is 20.5. The molecular weight excluding hydrogens is 526 g/mol. The first-order valence-electron chi connectivity index (χ1n) is 14.4. The minimum atomic E-state index is -0.136. The summed E-state index contributed by atoms with van der Waals surface area (Å²) < 4.78 is 4.12. The fraction of sp³-hybridized carbons (Fsp3) is 0.273. The average Bonchev–Trinajstić information content (AvgIpc) is 3.65. The van der Waals surface area contributed by atoms with Crippen molar-refractivity contribution < 1.29 is 9.59 Å². The van der Waals surface area contributed by atoms with Gasteiger partial charge in [0.1, 0.15) is 0 Å². The van der Waals surface area contributed by atoms with Gasteiger partial charge in [0.2, 0.25) is 0 Å². The zero-order chi connectivity index (χ0) is 29.1. The molecule has 4 heterocycles. The average molecular weight is 562 g/mol. The van der Waals surface area contributed by atoms with Crippen LogP contribution in [-0.2, 0) is 13.6 Å². The maximum atomic E-state index is 14.1. The van der Waals surface area contributed by atoms with Crippen LogP contribution in [0.2, 0.25) is 0 Å². The molecule has 3 aromatic heterocycles. The molecule has 0 radical (unpaired) electrons. The molecule has 1 aliphatic rings. The summed E-state index contributed by atoms with van der Waals surface area (Å²) in [6.45, 7) is 5.92. The largest absolute Gasteiger partial charge is 0.367 e. The predicted molar refractivity (Wildman–Crippen MR) is 165 cm³/mol. The third-order valence-corrected chi connectivity index (χ3v) is 7.97. The first kappa shape index (κ1) is 27.3. The Morgan fingerprint density at radius 1 is 0.952 bits per heavy atom. The van der Waals surface area contributed by atoms with Gasteiger partial charge in [0.15, 0.2) is 0 Å². The number of nitrogens with one attached hydrogen (secondary N) is 1. The van der Waals surface area contributed by atoms with Crippen LogP contribution in [0.15, 0.2) is 85.7 Å². The van der Waals surface area contributed by atoms with Crippen LogP contribution in [-0.4, -0.2) is 68.5 Å². The summed E-state index contributed by atoms with van der Waals surface area (Å²) in [6.07, 6.45) is 9.63. The topological polar surface area (TPSA) is 88.3 Å². The normalized spacial score (nSPS) is 13.5. The van der Waals surface area contributed by atoms with E-state index in [0.717, 1.165) is 51.9 Å². The molecule has 0 spiro atoms. The van der Waals surface area contributed by atoms with E-state index in [9.17, 15) is 9.59 Å². The van der Waals surface area contributed by atoms with Crippen molar-refractivity contribution in [3.8, 4) is 11.3 Å². The van der Waals surface area contributed by atoms with Gasteiger partial charge in [-0.15, -0.1) is 0 Å². The number of piperazine rings is 1. The van der Waals surface area contributed by atoms with Gasteiger partial charge in [-0.2, -0.15) is 0 Å². The maximum absolute atomic E-state index is 14.1. The van der Waals surface area contributed by atoms with Crippen LogP contribution >= 0.6 is 0 Å². The molecule has 42 heavy (non-hydrogen) atoms. The number of hydrogen-bond donors (Lipinski definition) is 1. The summed E-state index contributed by atoms with van der Waals surface area (Å²) in [6, 6.07) is 18.3. The SMILES string of the molecule is Cc1ccc2c(c1)c(C(=O)N1CCN(c3cncc(C(=O)NCCCn4ccnc4)c3)CC1)c(-c1ccccc1)n2C. The van der Waals surface area contributed by atoms with Crippen LogP contribution < -0.4 is 10.2 Å². The van der Waals surface area contributed by atoms with Crippen molar-refractivity contribution in [3.63, 3.8) is 0 Å². The number of imidazole rings is 1. The highest BCUT2D eigenvalue weighted by atomic mass is 16.2. The highest BCUT2D eigenvalue weighted by molar-refractivity contribution is 6.13. The standard InChI is InChI=1S/C33H35N7O2/c1-24-9-10-29-28(19-24)30(31(37(29)2)25-7-4-3-5-8-25)33(42)40-17-15-39(16-18-40)27-20-26(21-35-22-27)32(41)36-11-6-13-38-14-12-34-23-38/h3-5,7-10,12,14,19-23H,6,11,13,15-18H2,1-2H3,(H,36,41). The number of pyridine rings is 1. The molecule has 9 heteroatoms. The number of amides is 2. The predicted octanol–water partition coefficient (Wildman–Crippen LogP) is 4.53. The van der Waals surface area contributed by atoms with Gasteiger partial charge in [0.25, 0.3) is 11.8 Å².